The van der Waals surface area contributed by atoms with E-state index in [1.165, 1.54) is 18.0 Å². The van der Waals surface area contributed by atoms with Crippen molar-refractivity contribution in [2.24, 2.45) is 0 Å². The topological polar surface area (TPSA) is 64.0 Å². The fraction of sp³-hybridized carbons (Fsp3) is 0.500. The number of hydrogen-bond donors (Lipinski definition) is 2. The van der Waals surface area contributed by atoms with Gasteiger partial charge in [0.2, 0.25) is 5.91 Å². The van der Waals surface area contributed by atoms with Gasteiger partial charge in [-0.15, -0.1) is 0 Å². The maximum absolute atomic E-state index is 11.6. The van der Waals surface area contributed by atoms with Gasteiger partial charge in [0, 0.05) is 13.1 Å². The van der Waals surface area contributed by atoms with Gasteiger partial charge >= 0.3 is 0 Å². The van der Waals surface area contributed by atoms with E-state index in [0.717, 1.165) is 0 Å². The van der Waals surface area contributed by atoms with E-state index in [2.05, 4.69) is 13.8 Å². The molecular formula is C10H16N2O3. The van der Waals surface area contributed by atoms with Gasteiger partial charge in [-0.2, -0.15) is 0 Å². The van der Waals surface area contributed by atoms with Crippen LogP contribution in [0.3, 0.4) is 0 Å². The molecule has 1 aliphatic heterocycles. The van der Waals surface area contributed by atoms with Crippen molar-refractivity contribution in [3.05, 3.63) is 26.9 Å². The highest BCUT2D eigenvalue weighted by Crippen LogP contribution is 2.10. The highest BCUT2D eigenvalue weighted by atomic mass is 16.3. The minimum Gasteiger partial charge on any atom is -0.389 e. The number of hydrogen-bond acceptors (Lipinski definition) is 4. The molecule has 1 heterocycles. The van der Waals surface area contributed by atoms with E-state index in [0.29, 0.717) is 13.1 Å². The van der Waals surface area contributed by atoms with Crippen LogP contribution in [0.25, 0.3) is 0 Å². The predicted octanol–water partition coefficient (Wildman–Crippen LogP) is -1.16. The van der Waals surface area contributed by atoms with Gasteiger partial charge in [0.15, 0.2) is 0 Å². The van der Waals surface area contributed by atoms with Gasteiger partial charge in [0.1, 0.15) is 0 Å². The minimum atomic E-state index is -0.765. The van der Waals surface area contributed by atoms with Gasteiger partial charge in [-0.3, -0.25) is 9.69 Å². The van der Waals surface area contributed by atoms with E-state index < -0.39 is 12.2 Å². The van der Waals surface area contributed by atoms with Crippen LogP contribution in [0.5, 0.6) is 0 Å². The lowest BCUT2D eigenvalue weighted by atomic mass is 10.3. The molecule has 1 fully saturated rings. The highest BCUT2D eigenvalue weighted by Gasteiger charge is 2.31. The van der Waals surface area contributed by atoms with Gasteiger partial charge in [-0.25, -0.2) is 0 Å². The molecule has 0 aromatic rings. The molecule has 1 aliphatic rings. The summed E-state index contributed by atoms with van der Waals surface area (Å²) in [4.78, 5) is 14.5. The third-order valence-corrected chi connectivity index (χ3v) is 2.37. The lowest BCUT2D eigenvalue weighted by Crippen LogP contribution is -2.36. The normalized spacial score (nSPS) is 26.9. The Kier molecular flexibility index (Phi) is 4.50. The number of carbonyl (C=O) groups is 1. The Balaban J connectivity index is 2.39. The fourth-order valence-electron chi connectivity index (χ4n) is 1.53. The number of aliphatic hydroxyl groups is 2. The zero-order chi connectivity index (χ0) is 11.4. The Morgan fingerprint density at radius 1 is 1.33 bits per heavy atom. The van der Waals surface area contributed by atoms with E-state index in [4.69, 9.17) is 0 Å². The standard InChI is InChI=1S/C10H16N2O3/c1-3-12(4-2)10(15)7-11-5-8(13)9(14)6-11/h3-4,8-9,13-14H,1-2,5-7H2/t8-,9-/m1/s1. The second-order valence-electron chi connectivity index (χ2n) is 3.49. The molecule has 0 bridgehead atoms. The molecule has 0 aromatic carbocycles. The molecular weight excluding hydrogens is 196 g/mol. The molecule has 0 unspecified atom stereocenters. The van der Waals surface area contributed by atoms with Crippen molar-refractivity contribution in [1.29, 1.82) is 0 Å². The summed E-state index contributed by atoms with van der Waals surface area (Å²) in [6, 6.07) is 0. The fourth-order valence-corrected chi connectivity index (χ4v) is 1.53. The molecule has 0 aromatic heterocycles. The molecule has 2 atom stereocenters. The second-order valence-corrected chi connectivity index (χ2v) is 3.49. The molecule has 15 heavy (non-hydrogen) atoms. The van der Waals surface area contributed by atoms with Crippen molar-refractivity contribution in [3.8, 4) is 0 Å². The Morgan fingerprint density at radius 3 is 2.20 bits per heavy atom. The SMILES string of the molecule is [CH2][CH]N([CH][CH2])C(=O)CN1C[C@@H](O)[C@H](O)C1. The zero-order valence-corrected chi connectivity index (χ0v) is 8.54. The van der Waals surface area contributed by atoms with E-state index in [1.807, 2.05) is 0 Å². The summed E-state index contributed by atoms with van der Waals surface area (Å²) in [5.41, 5.74) is 0. The number of amides is 1. The first-order valence-corrected chi connectivity index (χ1v) is 4.73. The van der Waals surface area contributed by atoms with Crippen LogP contribution in [-0.4, -0.2) is 57.8 Å². The summed E-state index contributed by atoms with van der Waals surface area (Å²) in [5, 5.41) is 18.6. The van der Waals surface area contributed by atoms with Gasteiger partial charge in [-0.1, -0.05) is 0 Å². The second kappa shape index (κ2) is 5.44. The van der Waals surface area contributed by atoms with Crippen LogP contribution in [0.4, 0.5) is 0 Å². The maximum Gasteiger partial charge on any atom is 0.237 e. The highest BCUT2D eigenvalue weighted by molar-refractivity contribution is 5.79. The molecule has 0 aliphatic carbocycles. The first-order valence-electron chi connectivity index (χ1n) is 4.73. The zero-order valence-electron chi connectivity index (χ0n) is 8.54. The molecule has 1 amide bonds. The van der Waals surface area contributed by atoms with E-state index in [-0.39, 0.29) is 12.5 Å². The van der Waals surface area contributed by atoms with Crippen molar-refractivity contribution in [2.45, 2.75) is 12.2 Å². The molecule has 4 radical (unpaired) electrons. The Morgan fingerprint density at radius 2 is 1.80 bits per heavy atom. The first-order chi connectivity index (χ1) is 7.08. The van der Waals surface area contributed by atoms with Crippen LogP contribution < -0.4 is 0 Å². The van der Waals surface area contributed by atoms with Crippen molar-refractivity contribution in [1.82, 2.24) is 9.80 Å². The van der Waals surface area contributed by atoms with Crippen molar-refractivity contribution in [3.63, 3.8) is 0 Å². The Labute approximate surface area is 90.3 Å². The van der Waals surface area contributed by atoms with Crippen molar-refractivity contribution in [2.75, 3.05) is 19.6 Å². The summed E-state index contributed by atoms with van der Waals surface area (Å²) >= 11 is 0. The summed E-state index contributed by atoms with van der Waals surface area (Å²) in [7, 11) is 0. The minimum absolute atomic E-state index is 0.145. The maximum atomic E-state index is 11.6. The lowest BCUT2D eigenvalue weighted by Gasteiger charge is -2.21. The average Bonchev–Trinajstić information content (AvgIpc) is 2.47. The largest absolute Gasteiger partial charge is 0.389 e. The van der Waals surface area contributed by atoms with Gasteiger partial charge in [-0.05, 0) is 13.8 Å². The monoisotopic (exact) mass is 212 g/mol. The number of carbonyl (C=O) groups excluding carboxylic acids is 1. The molecule has 5 nitrogen and oxygen atoms in total. The van der Waals surface area contributed by atoms with Crippen LogP contribution in [-0.2, 0) is 4.79 Å². The van der Waals surface area contributed by atoms with Crippen molar-refractivity contribution >= 4 is 5.91 Å². The molecule has 1 saturated heterocycles. The summed E-state index contributed by atoms with van der Waals surface area (Å²) < 4.78 is 0. The van der Waals surface area contributed by atoms with Crippen LogP contribution >= 0.6 is 0 Å². The van der Waals surface area contributed by atoms with Crippen LogP contribution in [0.15, 0.2) is 0 Å². The van der Waals surface area contributed by atoms with Crippen LogP contribution in [0.1, 0.15) is 0 Å². The van der Waals surface area contributed by atoms with Crippen molar-refractivity contribution < 1.29 is 15.0 Å². The third kappa shape index (κ3) is 3.15. The Hall–Kier alpha value is -0.650. The Bertz CT molecular complexity index is 209. The van der Waals surface area contributed by atoms with Gasteiger partial charge < -0.3 is 15.1 Å². The van der Waals surface area contributed by atoms with E-state index in [1.54, 1.807) is 4.90 Å². The van der Waals surface area contributed by atoms with Crippen LogP contribution in [0, 0.1) is 26.9 Å². The average molecular weight is 212 g/mol. The summed E-state index contributed by atoms with van der Waals surface area (Å²) in [6.07, 6.45) is -1.53. The molecule has 0 saturated carbocycles. The predicted molar refractivity (Wildman–Crippen MR) is 54.6 cm³/mol. The van der Waals surface area contributed by atoms with Gasteiger partial charge in [0.25, 0.3) is 0 Å². The number of β-amino-alcohol motifs (C(OH)–C–C–N with tert-alkyl or cyclic N) is 2. The van der Waals surface area contributed by atoms with Gasteiger partial charge in [0.05, 0.1) is 31.8 Å². The first kappa shape index (κ1) is 12.4. The van der Waals surface area contributed by atoms with Crippen LogP contribution in [0.2, 0.25) is 0 Å². The quantitative estimate of drug-likeness (QED) is 0.617. The smallest absolute Gasteiger partial charge is 0.237 e. The third-order valence-electron chi connectivity index (χ3n) is 2.37. The molecule has 2 N–H and O–H groups in total. The number of rotatable bonds is 4. The number of nitrogens with zero attached hydrogens (tertiary/aromatic N) is 2. The number of likely N-dealkylation sites (tertiary alicyclic amines) is 1. The van der Waals surface area contributed by atoms with E-state index in [9.17, 15) is 15.0 Å². The molecule has 84 valence electrons. The molecule has 1 rings (SSSR count). The number of aliphatic hydroxyl groups excluding tert-OH is 2. The summed E-state index contributed by atoms with van der Waals surface area (Å²) in [5.74, 6) is -0.179. The summed E-state index contributed by atoms with van der Waals surface area (Å²) in [6.45, 7) is 10.5. The lowest BCUT2D eigenvalue weighted by molar-refractivity contribution is -0.128. The molecule has 0 spiro atoms. The van der Waals surface area contributed by atoms with E-state index >= 15 is 0 Å². The molecule has 5 heteroatoms.